The molecule has 0 bridgehead atoms. The lowest BCUT2D eigenvalue weighted by atomic mass is 9.95. The van der Waals surface area contributed by atoms with Gasteiger partial charge in [0, 0.05) is 23.2 Å². The molecule has 2 aliphatic rings. The van der Waals surface area contributed by atoms with Gasteiger partial charge < -0.3 is 25.6 Å². The van der Waals surface area contributed by atoms with Crippen molar-refractivity contribution in [3.8, 4) is 16.9 Å². The number of fused-ring (bicyclic) bond motifs is 2. The molecule has 32 heavy (non-hydrogen) atoms. The van der Waals surface area contributed by atoms with Crippen molar-refractivity contribution >= 4 is 35.0 Å². The maximum Gasteiger partial charge on any atom is 0.275 e. The Hall–Kier alpha value is -3.10. The van der Waals surface area contributed by atoms with Gasteiger partial charge in [-0.2, -0.15) is 0 Å². The molecule has 2 atom stereocenters. The first-order valence-electron chi connectivity index (χ1n) is 10.6. The standard InChI is InChI=1S/C23H25ClN4O4/c1-25-12-21(29)26-15-7-8-28-19(11-15)22(30)27-18-5-3-13(9-17(18)23(28)31)16-10-14(24)4-6-20(16)32-2/h3-6,9-10,15,19,25H,7-8,11-12H2,1-2H3,(H,26,29)(H,27,30)/p+1/t15-,19-/m0/s1. The topological polar surface area (TPSA) is 104 Å². The third-order valence-corrected chi connectivity index (χ3v) is 6.14. The lowest BCUT2D eigenvalue weighted by Crippen LogP contribution is -2.82. The van der Waals surface area contributed by atoms with E-state index in [1.165, 1.54) is 0 Å². The van der Waals surface area contributed by atoms with Crippen molar-refractivity contribution in [3.05, 3.63) is 47.0 Å². The second kappa shape index (κ2) is 9.18. The molecule has 2 heterocycles. The molecule has 168 valence electrons. The van der Waals surface area contributed by atoms with Crippen LogP contribution in [0.25, 0.3) is 11.1 Å². The second-order valence-corrected chi connectivity index (χ2v) is 8.45. The Morgan fingerprint density at radius 1 is 1.25 bits per heavy atom. The normalized spacial score (nSPS) is 20.0. The lowest BCUT2D eigenvalue weighted by molar-refractivity contribution is -0.615. The van der Waals surface area contributed by atoms with Crippen molar-refractivity contribution in [2.45, 2.75) is 24.9 Å². The van der Waals surface area contributed by atoms with Gasteiger partial charge in [-0.1, -0.05) is 17.7 Å². The van der Waals surface area contributed by atoms with Crippen LogP contribution in [0.15, 0.2) is 36.4 Å². The highest BCUT2D eigenvalue weighted by molar-refractivity contribution is 6.31. The van der Waals surface area contributed by atoms with Gasteiger partial charge in [-0.05, 0) is 48.7 Å². The minimum Gasteiger partial charge on any atom is -0.496 e. The van der Waals surface area contributed by atoms with Crippen LogP contribution in [-0.4, -0.2) is 62.0 Å². The van der Waals surface area contributed by atoms with E-state index in [2.05, 4.69) is 10.6 Å². The van der Waals surface area contributed by atoms with E-state index in [0.717, 1.165) is 11.1 Å². The molecule has 4 N–H and O–H groups in total. The molecule has 0 aliphatic carbocycles. The number of methoxy groups -OCH3 is 1. The molecule has 0 radical (unpaired) electrons. The number of amides is 3. The quantitative estimate of drug-likeness (QED) is 0.628. The van der Waals surface area contributed by atoms with Crippen LogP contribution in [0.3, 0.4) is 0 Å². The minimum absolute atomic E-state index is 0.0743. The van der Waals surface area contributed by atoms with E-state index in [9.17, 15) is 14.4 Å². The van der Waals surface area contributed by atoms with Crippen LogP contribution < -0.4 is 20.7 Å². The predicted molar refractivity (Wildman–Crippen MR) is 121 cm³/mol. The summed E-state index contributed by atoms with van der Waals surface area (Å²) in [5, 5.41) is 8.20. The zero-order valence-electron chi connectivity index (χ0n) is 18.0. The number of ether oxygens (including phenoxy) is 1. The molecule has 0 unspecified atom stereocenters. The maximum absolute atomic E-state index is 13.4. The molecule has 3 amide bonds. The minimum atomic E-state index is -0.635. The van der Waals surface area contributed by atoms with Gasteiger partial charge in [0.05, 0.1) is 25.4 Å². The molecule has 2 aromatic rings. The third kappa shape index (κ3) is 4.28. The fraction of sp³-hybridized carbons (Fsp3) is 0.348. The SMILES string of the molecule is C[NH2+]CC(=O)N[C@H]1CCN2C(=O)c3cc(-c4cc(Cl)ccc4OC)ccc3NC(=O)[C@@H]2C1. The molecule has 1 fully saturated rings. The number of quaternary nitrogens is 1. The first-order chi connectivity index (χ1) is 15.4. The number of carbonyl (C=O) groups excluding carboxylic acids is 3. The smallest absolute Gasteiger partial charge is 0.275 e. The Bertz CT molecular complexity index is 1070. The van der Waals surface area contributed by atoms with E-state index in [0.29, 0.717) is 48.0 Å². The van der Waals surface area contributed by atoms with Crippen molar-refractivity contribution in [1.82, 2.24) is 10.2 Å². The van der Waals surface area contributed by atoms with Crippen LogP contribution >= 0.6 is 11.6 Å². The summed E-state index contributed by atoms with van der Waals surface area (Å²) in [5.74, 6) is 0.108. The Kier molecular flexibility index (Phi) is 6.34. The summed E-state index contributed by atoms with van der Waals surface area (Å²) < 4.78 is 5.45. The molecule has 1 saturated heterocycles. The Morgan fingerprint density at radius 2 is 2.06 bits per heavy atom. The van der Waals surface area contributed by atoms with Crippen LogP contribution in [0, 0.1) is 0 Å². The molecular formula is C23H26ClN4O4+. The molecule has 4 rings (SSSR count). The number of nitrogens with one attached hydrogen (secondary N) is 2. The number of likely N-dealkylation sites (N-methyl/N-ethyl adjacent to an activating group) is 1. The number of halogens is 1. The van der Waals surface area contributed by atoms with E-state index < -0.39 is 6.04 Å². The van der Waals surface area contributed by atoms with Gasteiger partial charge in [0.1, 0.15) is 11.8 Å². The van der Waals surface area contributed by atoms with E-state index in [1.54, 1.807) is 47.7 Å². The molecule has 0 saturated carbocycles. The summed E-state index contributed by atoms with van der Waals surface area (Å²) in [6.45, 7) is 0.721. The fourth-order valence-electron chi connectivity index (χ4n) is 4.33. The highest BCUT2D eigenvalue weighted by Crippen LogP contribution is 2.36. The van der Waals surface area contributed by atoms with E-state index in [-0.39, 0.29) is 23.8 Å². The largest absolute Gasteiger partial charge is 0.496 e. The predicted octanol–water partition coefficient (Wildman–Crippen LogP) is 1.25. The molecule has 8 nitrogen and oxygen atoms in total. The monoisotopic (exact) mass is 457 g/mol. The van der Waals surface area contributed by atoms with Crippen LogP contribution in [0.4, 0.5) is 5.69 Å². The van der Waals surface area contributed by atoms with Gasteiger partial charge in [-0.15, -0.1) is 0 Å². The van der Waals surface area contributed by atoms with Crippen molar-refractivity contribution in [2.24, 2.45) is 0 Å². The fourth-order valence-corrected chi connectivity index (χ4v) is 4.51. The molecule has 0 spiro atoms. The first kappa shape index (κ1) is 22.1. The zero-order valence-corrected chi connectivity index (χ0v) is 18.7. The average molecular weight is 458 g/mol. The average Bonchev–Trinajstić information content (AvgIpc) is 2.88. The van der Waals surface area contributed by atoms with Crippen LogP contribution in [0.5, 0.6) is 5.75 Å². The number of piperidine rings is 1. The van der Waals surface area contributed by atoms with E-state index in [4.69, 9.17) is 16.3 Å². The highest BCUT2D eigenvalue weighted by atomic mass is 35.5. The number of benzene rings is 2. The summed E-state index contributed by atoms with van der Waals surface area (Å²) in [6, 6.07) is 9.85. The van der Waals surface area contributed by atoms with Crippen molar-refractivity contribution < 1.29 is 24.4 Å². The third-order valence-electron chi connectivity index (χ3n) is 5.90. The first-order valence-corrected chi connectivity index (χ1v) is 11.0. The Balaban J connectivity index is 1.63. The van der Waals surface area contributed by atoms with Crippen LogP contribution in [-0.2, 0) is 9.59 Å². The van der Waals surface area contributed by atoms with Crippen LogP contribution in [0.1, 0.15) is 23.2 Å². The van der Waals surface area contributed by atoms with Gasteiger partial charge >= 0.3 is 0 Å². The number of nitrogens with two attached hydrogens (primary N) is 1. The zero-order chi connectivity index (χ0) is 22.8. The van der Waals surface area contributed by atoms with Gasteiger partial charge in [0.15, 0.2) is 6.54 Å². The summed E-state index contributed by atoms with van der Waals surface area (Å²) in [4.78, 5) is 40.0. The summed E-state index contributed by atoms with van der Waals surface area (Å²) in [5.41, 5.74) is 2.42. The Labute approximate surface area is 191 Å². The second-order valence-electron chi connectivity index (χ2n) is 8.01. The Morgan fingerprint density at radius 3 is 2.81 bits per heavy atom. The van der Waals surface area contributed by atoms with E-state index in [1.807, 2.05) is 13.1 Å². The lowest BCUT2D eigenvalue weighted by Gasteiger charge is -2.37. The molecule has 0 aromatic heterocycles. The number of hydrogen-bond acceptors (Lipinski definition) is 4. The van der Waals surface area contributed by atoms with Crippen LogP contribution in [0.2, 0.25) is 5.02 Å². The number of carbonyl (C=O) groups is 3. The number of nitrogens with zero attached hydrogens (tertiary/aromatic N) is 1. The van der Waals surface area contributed by atoms with Crippen molar-refractivity contribution in [3.63, 3.8) is 0 Å². The number of rotatable bonds is 5. The van der Waals surface area contributed by atoms with Gasteiger partial charge in [0.2, 0.25) is 5.91 Å². The van der Waals surface area contributed by atoms with Crippen molar-refractivity contribution in [2.75, 3.05) is 32.6 Å². The molecular weight excluding hydrogens is 432 g/mol. The van der Waals surface area contributed by atoms with Crippen molar-refractivity contribution in [1.29, 1.82) is 0 Å². The molecule has 2 aromatic carbocycles. The maximum atomic E-state index is 13.4. The summed E-state index contributed by atoms with van der Waals surface area (Å²) in [7, 11) is 3.40. The summed E-state index contributed by atoms with van der Waals surface area (Å²) in [6.07, 6.45) is 0.984. The van der Waals surface area contributed by atoms with Gasteiger partial charge in [0.25, 0.3) is 11.8 Å². The van der Waals surface area contributed by atoms with Gasteiger partial charge in [-0.3, -0.25) is 14.4 Å². The molecule has 2 aliphatic heterocycles. The number of hydrogen-bond donors (Lipinski definition) is 3. The highest BCUT2D eigenvalue weighted by Gasteiger charge is 2.40. The summed E-state index contributed by atoms with van der Waals surface area (Å²) >= 11 is 6.18. The van der Waals surface area contributed by atoms with Gasteiger partial charge in [-0.25, -0.2) is 0 Å². The number of anilines is 1. The molecule has 9 heteroatoms. The van der Waals surface area contributed by atoms with E-state index >= 15 is 0 Å².